The molecule has 6 nitrogen and oxygen atoms in total. The average Bonchev–Trinajstić information content (AvgIpc) is 2.43. The average molecular weight is 370 g/mol. The summed E-state index contributed by atoms with van der Waals surface area (Å²) in [7, 11) is 0. The number of hydrogen-bond donors (Lipinski definition) is 1. The summed E-state index contributed by atoms with van der Waals surface area (Å²) in [6, 6.07) is 4.33. The molecule has 0 spiro atoms. The summed E-state index contributed by atoms with van der Waals surface area (Å²) in [6.07, 6.45) is 6.01. The molecular weight excluding hydrogens is 350 g/mol. The summed E-state index contributed by atoms with van der Waals surface area (Å²) >= 11 is 3.26. The fraction of sp³-hybridized carbons (Fsp3) is 0.533. The maximum atomic E-state index is 12.1. The molecule has 0 aromatic heterocycles. The van der Waals surface area contributed by atoms with Gasteiger partial charge in [0, 0.05) is 16.6 Å². The van der Waals surface area contributed by atoms with Crippen molar-refractivity contribution >= 4 is 33.2 Å². The van der Waals surface area contributed by atoms with Crippen molar-refractivity contribution in [1.82, 2.24) is 4.90 Å². The molecule has 0 aliphatic carbocycles. The van der Waals surface area contributed by atoms with Crippen LogP contribution in [0, 0.1) is 10.1 Å². The summed E-state index contributed by atoms with van der Waals surface area (Å²) in [5, 5.41) is 13.5. The Labute approximate surface area is 138 Å². The molecule has 0 radical (unpaired) electrons. The van der Waals surface area contributed by atoms with Crippen molar-refractivity contribution in [2.45, 2.75) is 32.1 Å². The van der Waals surface area contributed by atoms with Gasteiger partial charge in [-0.15, -0.1) is 0 Å². The summed E-state index contributed by atoms with van der Waals surface area (Å²) in [6.45, 7) is 2.27. The van der Waals surface area contributed by atoms with Crippen LogP contribution in [0.15, 0.2) is 22.7 Å². The number of carbonyl (C=O) groups is 1. The maximum Gasteiger partial charge on any atom is 0.270 e. The van der Waals surface area contributed by atoms with Crippen LogP contribution in [0.2, 0.25) is 0 Å². The smallest absolute Gasteiger partial charge is 0.270 e. The van der Waals surface area contributed by atoms with Gasteiger partial charge in [0.15, 0.2) is 0 Å². The highest BCUT2D eigenvalue weighted by Gasteiger charge is 2.15. The van der Waals surface area contributed by atoms with Crippen LogP contribution in [-0.4, -0.2) is 35.4 Å². The first-order valence-electron chi connectivity index (χ1n) is 7.52. The molecule has 1 aromatic rings. The second-order valence-electron chi connectivity index (χ2n) is 5.51. The van der Waals surface area contributed by atoms with Gasteiger partial charge in [0.2, 0.25) is 5.91 Å². The van der Waals surface area contributed by atoms with Crippen LogP contribution in [0.1, 0.15) is 32.1 Å². The Morgan fingerprint density at radius 2 is 1.86 bits per heavy atom. The van der Waals surface area contributed by atoms with Gasteiger partial charge in [-0.25, -0.2) is 0 Å². The summed E-state index contributed by atoms with van der Waals surface area (Å²) in [4.78, 5) is 24.6. The van der Waals surface area contributed by atoms with E-state index in [9.17, 15) is 14.9 Å². The van der Waals surface area contributed by atoms with Crippen molar-refractivity contribution in [3.63, 3.8) is 0 Å². The van der Waals surface area contributed by atoms with Gasteiger partial charge in [0.05, 0.1) is 17.2 Å². The molecule has 0 unspecified atom stereocenters. The van der Waals surface area contributed by atoms with Crippen molar-refractivity contribution in [3.05, 3.63) is 32.8 Å². The number of likely N-dealkylation sites (tertiary alicyclic amines) is 1. The van der Waals surface area contributed by atoms with Gasteiger partial charge in [-0.2, -0.15) is 0 Å². The van der Waals surface area contributed by atoms with Gasteiger partial charge in [-0.1, -0.05) is 19.3 Å². The van der Waals surface area contributed by atoms with Gasteiger partial charge in [0.1, 0.15) is 0 Å². The third-order valence-electron chi connectivity index (χ3n) is 3.75. The van der Waals surface area contributed by atoms with Gasteiger partial charge >= 0.3 is 0 Å². The van der Waals surface area contributed by atoms with E-state index in [0.717, 1.165) is 25.9 Å². The van der Waals surface area contributed by atoms with E-state index in [4.69, 9.17) is 0 Å². The highest BCUT2D eigenvalue weighted by molar-refractivity contribution is 9.10. The van der Waals surface area contributed by atoms with Crippen LogP contribution in [0.4, 0.5) is 11.4 Å². The number of anilines is 1. The Morgan fingerprint density at radius 1 is 1.23 bits per heavy atom. The Bertz CT molecular complexity index is 543. The molecule has 1 N–H and O–H groups in total. The quantitative estimate of drug-likeness (QED) is 0.650. The molecule has 2 rings (SSSR count). The Morgan fingerprint density at radius 3 is 2.45 bits per heavy atom. The lowest BCUT2D eigenvalue weighted by molar-refractivity contribution is -0.384. The van der Waals surface area contributed by atoms with Crippen LogP contribution in [0.5, 0.6) is 0 Å². The van der Waals surface area contributed by atoms with Crippen LogP contribution < -0.4 is 5.32 Å². The number of nitro benzene ring substituents is 1. The number of benzene rings is 1. The summed E-state index contributed by atoms with van der Waals surface area (Å²) < 4.78 is 0.516. The fourth-order valence-corrected chi connectivity index (χ4v) is 3.05. The Balaban J connectivity index is 1.92. The SMILES string of the molecule is O=C(CN1CCCCCCC1)Nc1ccc([N+](=O)[O-])cc1Br. The van der Waals surface area contributed by atoms with Crippen LogP contribution in [-0.2, 0) is 4.79 Å². The number of nitrogens with zero attached hydrogens (tertiary/aromatic N) is 2. The van der Waals surface area contributed by atoms with Gasteiger partial charge in [-0.05, 0) is 47.9 Å². The van der Waals surface area contributed by atoms with E-state index < -0.39 is 4.92 Å². The molecule has 1 amide bonds. The van der Waals surface area contributed by atoms with Crippen molar-refractivity contribution in [2.75, 3.05) is 25.0 Å². The minimum atomic E-state index is -0.462. The highest BCUT2D eigenvalue weighted by Crippen LogP contribution is 2.27. The van der Waals surface area contributed by atoms with Gasteiger partial charge in [0.25, 0.3) is 5.69 Å². The predicted molar refractivity (Wildman–Crippen MR) is 89.0 cm³/mol. The first kappa shape index (κ1) is 16.9. The topological polar surface area (TPSA) is 75.5 Å². The number of non-ortho nitro benzene ring substituents is 1. The third-order valence-corrected chi connectivity index (χ3v) is 4.41. The van der Waals surface area contributed by atoms with E-state index in [-0.39, 0.29) is 11.6 Å². The van der Waals surface area contributed by atoms with Crippen LogP contribution in [0.25, 0.3) is 0 Å². The van der Waals surface area contributed by atoms with Crippen molar-refractivity contribution in [3.8, 4) is 0 Å². The lowest BCUT2D eigenvalue weighted by atomic mass is 10.1. The first-order valence-corrected chi connectivity index (χ1v) is 8.32. The number of rotatable bonds is 4. The summed E-state index contributed by atoms with van der Waals surface area (Å²) in [5.74, 6) is -0.0878. The number of nitrogens with one attached hydrogen (secondary N) is 1. The van der Waals surface area contributed by atoms with E-state index in [1.807, 2.05) is 0 Å². The van der Waals surface area contributed by atoms with Gasteiger partial charge < -0.3 is 5.32 Å². The van der Waals surface area contributed by atoms with E-state index in [1.54, 1.807) is 6.07 Å². The molecule has 1 saturated heterocycles. The predicted octanol–water partition coefficient (Wildman–Crippen LogP) is 3.56. The molecule has 1 aliphatic rings. The number of hydrogen-bond acceptors (Lipinski definition) is 4. The Kier molecular flexibility index (Phi) is 6.33. The number of halogens is 1. The molecule has 0 atom stereocenters. The van der Waals surface area contributed by atoms with Gasteiger partial charge in [-0.3, -0.25) is 19.8 Å². The number of nitro groups is 1. The minimum absolute atomic E-state index is 0.00589. The Hall–Kier alpha value is -1.47. The van der Waals surface area contributed by atoms with E-state index in [2.05, 4.69) is 26.1 Å². The fourth-order valence-electron chi connectivity index (χ4n) is 2.58. The molecule has 0 bridgehead atoms. The molecule has 120 valence electrons. The molecule has 1 fully saturated rings. The maximum absolute atomic E-state index is 12.1. The zero-order valence-electron chi connectivity index (χ0n) is 12.4. The zero-order chi connectivity index (χ0) is 15.9. The first-order chi connectivity index (χ1) is 10.6. The second-order valence-corrected chi connectivity index (χ2v) is 6.37. The van der Waals surface area contributed by atoms with Crippen LogP contribution >= 0.6 is 15.9 Å². The third kappa shape index (κ3) is 5.06. The molecule has 22 heavy (non-hydrogen) atoms. The van der Waals surface area contributed by atoms with Crippen molar-refractivity contribution in [2.24, 2.45) is 0 Å². The molecular formula is C15H20BrN3O3. The normalized spacial score (nSPS) is 16.6. The van der Waals surface area contributed by atoms with Crippen molar-refractivity contribution in [1.29, 1.82) is 0 Å². The molecule has 1 aliphatic heterocycles. The lowest BCUT2D eigenvalue weighted by Crippen LogP contribution is -2.35. The standard InChI is InChI=1S/C15H20BrN3O3/c16-13-10-12(19(21)22)6-7-14(13)17-15(20)11-18-8-4-2-1-3-5-9-18/h6-7,10H,1-5,8-9,11H2,(H,17,20). The highest BCUT2D eigenvalue weighted by atomic mass is 79.9. The number of carbonyl (C=O) groups excluding carboxylic acids is 1. The molecule has 1 heterocycles. The molecule has 1 aromatic carbocycles. The number of amides is 1. The van der Waals surface area contributed by atoms with E-state index in [1.165, 1.54) is 31.4 Å². The zero-order valence-corrected chi connectivity index (χ0v) is 14.0. The van der Waals surface area contributed by atoms with E-state index in [0.29, 0.717) is 16.7 Å². The molecule has 7 heteroatoms. The van der Waals surface area contributed by atoms with Crippen molar-refractivity contribution < 1.29 is 9.72 Å². The largest absolute Gasteiger partial charge is 0.324 e. The van der Waals surface area contributed by atoms with E-state index >= 15 is 0 Å². The minimum Gasteiger partial charge on any atom is -0.324 e. The molecule has 0 saturated carbocycles. The summed E-state index contributed by atoms with van der Waals surface area (Å²) in [5.41, 5.74) is 0.552. The van der Waals surface area contributed by atoms with Crippen LogP contribution in [0.3, 0.4) is 0 Å². The monoisotopic (exact) mass is 369 g/mol. The lowest BCUT2D eigenvalue weighted by Gasteiger charge is -2.23. The second kappa shape index (κ2) is 8.24.